The lowest BCUT2D eigenvalue weighted by Crippen LogP contribution is -3.00. The summed E-state index contributed by atoms with van der Waals surface area (Å²) < 4.78 is 1.75. The van der Waals surface area contributed by atoms with Crippen LogP contribution < -0.4 is 35.4 Å². The number of carbonyl (C=O) groups excluding carboxylic acids is 2. The summed E-state index contributed by atoms with van der Waals surface area (Å²) in [7, 11) is 8.98. The number of anilines is 2. The summed E-state index contributed by atoms with van der Waals surface area (Å²) in [6, 6.07) is 32.2. The van der Waals surface area contributed by atoms with Crippen LogP contribution >= 0.6 is 0 Å². The highest BCUT2D eigenvalue weighted by Gasteiger charge is 2.34. The first kappa shape index (κ1) is 36.8. The molecule has 46 heavy (non-hydrogen) atoms. The van der Waals surface area contributed by atoms with E-state index < -0.39 is 0 Å². The second kappa shape index (κ2) is 16.2. The number of hydrogen-bond acceptors (Lipinski definition) is 4. The van der Waals surface area contributed by atoms with E-state index in [1.54, 1.807) is 12.1 Å². The SMILES string of the molecule is C[N+](C)(CCCNc1ccc(NCCC[N+](C)(C)Cc2ccccc2)c2c1C(=O)c1ccccc1C2=O)Cc1ccccc1.[Cl-].[Cl-]. The van der Waals surface area contributed by atoms with Crippen molar-refractivity contribution in [2.45, 2.75) is 25.9 Å². The zero-order valence-electron chi connectivity index (χ0n) is 27.4. The van der Waals surface area contributed by atoms with Gasteiger partial charge in [0.1, 0.15) is 13.1 Å². The number of quaternary nitrogens is 2. The third kappa shape index (κ3) is 9.20. The van der Waals surface area contributed by atoms with E-state index in [4.69, 9.17) is 0 Å². The van der Waals surface area contributed by atoms with Gasteiger partial charge in [-0.1, -0.05) is 84.9 Å². The van der Waals surface area contributed by atoms with E-state index in [2.05, 4.69) is 87.4 Å². The number of rotatable bonds is 14. The highest BCUT2D eigenvalue weighted by molar-refractivity contribution is 6.31. The molecule has 0 amide bonds. The molecule has 1 aliphatic rings. The number of benzene rings is 4. The molecule has 2 N–H and O–H groups in total. The zero-order valence-corrected chi connectivity index (χ0v) is 28.9. The fourth-order valence-corrected chi connectivity index (χ4v) is 6.29. The van der Waals surface area contributed by atoms with Crippen LogP contribution in [0.2, 0.25) is 0 Å². The molecule has 1 aliphatic carbocycles. The summed E-state index contributed by atoms with van der Waals surface area (Å²) in [5, 5.41) is 7.03. The average Bonchev–Trinajstić information content (AvgIpc) is 3.01. The number of fused-ring (bicyclic) bond motifs is 2. The van der Waals surface area contributed by atoms with E-state index in [1.807, 2.05) is 36.4 Å². The van der Waals surface area contributed by atoms with Gasteiger partial charge in [0.05, 0.1) is 52.4 Å². The first-order valence-corrected chi connectivity index (χ1v) is 15.7. The summed E-state index contributed by atoms with van der Waals surface area (Å²) in [5.74, 6) is -0.190. The van der Waals surface area contributed by atoms with Gasteiger partial charge in [-0.3, -0.25) is 9.59 Å². The van der Waals surface area contributed by atoms with E-state index in [9.17, 15) is 9.59 Å². The molecule has 0 aliphatic heterocycles. The molecule has 0 saturated heterocycles. The Morgan fingerprint density at radius 2 is 0.848 bits per heavy atom. The first-order valence-electron chi connectivity index (χ1n) is 15.7. The van der Waals surface area contributed by atoms with Gasteiger partial charge in [0, 0.05) is 59.6 Å². The zero-order chi connectivity index (χ0) is 31.2. The van der Waals surface area contributed by atoms with Gasteiger partial charge in [0.15, 0.2) is 11.6 Å². The molecule has 0 spiro atoms. The van der Waals surface area contributed by atoms with Crippen molar-refractivity contribution < 1.29 is 43.4 Å². The molecular formula is C38H46Cl2N4O2. The van der Waals surface area contributed by atoms with E-state index >= 15 is 0 Å². The van der Waals surface area contributed by atoms with E-state index in [-0.39, 0.29) is 36.4 Å². The van der Waals surface area contributed by atoms with Crippen molar-refractivity contribution in [1.82, 2.24) is 0 Å². The molecular weight excluding hydrogens is 615 g/mol. The highest BCUT2D eigenvalue weighted by atomic mass is 35.5. The lowest BCUT2D eigenvalue weighted by Gasteiger charge is -2.30. The Balaban J connectivity index is 0.00000288. The quantitative estimate of drug-likeness (QED) is 0.136. The molecule has 0 radical (unpaired) electrons. The van der Waals surface area contributed by atoms with Crippen LogP contribution in [0.15, 0.2) is 97.1 Å². The monoisotopic (exact) mass is 660 g/mol. The van der Waals surface area contributed by atoms with Gasteiger partial charge in [-0.2, -0.15) is 0 Å². The van der Waals surface area contributed by atoms with Gasteiger partial charge < -0.3 is 44.4 Å². The number of carbonyl (C=O) groups is 2. The summed E-state index contributed by atoms with van der Waals surface area (Å²) in [6.45, 7) is 5.32. The van der Waals surface area contributed by atoms with Gasteiger partial charge >= 0.3 is 0 Å². The van der Waals surface area contributed by atoms with E-state index in [0.717, 1.165) is 59.4 Å². The van der Waals surface area contributed by atoms with E-state index in [1.165, 1.54) is 11.1 Å². The molecule has 0 saturated carbocycles. The number of hydrogen-bond donors (Lipinski definition) is 2. The fraction of sp³-hybridized carbons (Fsp3) is 0.316. The molecule has 0 heterocycles. The van der Waals surface area contributed by atoms with Gasteiger partial charge in [0.2, 0.25) is 0 Å². The summed E-state index contributed by atoms with van der Waals surface area (Å²) in [4.78, 5) is 27.7. The van der Waals surface area contributed by atoms with Crippen molar-refractivity contribution in [2.24, 2.45) is 0 Å². The van der Waals surface area contributed by atoms with Crippen LogP contribution in [0, 0.1) is 0 Å². The van der Waals surface area contributed by atoms with Gasteiger partial charge in [-0.15, -0.1) is 0 Å². The van der Waals surface area contributed by atoms with Gasteiger partial charge in [-0.25, -0.2) is 0 Å². The van der Waals surface area contributed by atoms with Crippen LogP contribution in [0.5, 0.6) is 0 Å². The van der Waals surface area contributed by atoms with Crippen molar-refractivity contribution in [3.63, 3.8) is 0 Å². The second-order valence-electron chi connectivity index (χ2n) is 13.3. The van der Waals surface area contributed by atoms with Gasteiger partial charge in [0.25, 0.3) is 0 Å². The molecule has 0 atom stereocenters. The Kier molecular flexibility index (Phi) is 13.0. The minimum atomic E-state index is -0.0952. The Hall–Kier alpha value is -3.68. The van der Waals surface area contributed by atoms with Crippen molar-refractivity contribution in [1.29, 1.82) is 0 Å². The molecule has 244 valence electrons. The number of nitrogens with zero attached hydrogens (tertiary/aromatic N) is 2. The maximum absolute atomic E-state index is 13.8. The van der Waals surface area contributed by atoms with Crippen LogP contribution in [0.1, 0.15) is 55.8 Å². The lowest BCUT2D eigenvalue weighted by molar-refractivity contribution is -0.903. The number of halogens is 2. The Labute approximate surface area is 286 Å². The maximum atomic E-state index is 13.8. The van der Waals surface area contributed by atoms with Crippen LogP contribution in [0.25, 0.3) is 0 Å². The fourth-order valence-electron chi connectivity index (χ4n) is 6.29. The Bertz CT molecular complexity index is 1490. The molecule has 4 aromatic rings. The lowest BCUT2D eigenvalue weighted by atomic mass is 9.82. The molecule has 0 aromatic heterocycles. The van der Waals surface area contributed by atoms with Crippen LogP contribution in [-0.2, 0) is 13.1 Å². The molecule has 4 aromatic carbocycles. The average molecular weight is 662 g/mol. The third-order valence-electron chi connectivity index (χ3n) is 8.49. The minimum absolute atomic E-state index is 0. The predicted molar refractivity (Wildman–Crippen MR) is 180 cm³/mol. The molecule has 6 nitrogen and oxygen atoms in total. The number of ketones is 2. The van der Waals surface area contributed by atoms with Crippen LogP contribution in [-0.4, -0.2) is 74.9 Å². The third-order valence-corrected chi connectivity index (χ3v) is 8.49. The maximum Gasteiger partial charge on any atom is 0.196 e. The smallest absolute Gasteiger partial charge is 0.196 e. The molecule has 0 bridgehead atoms. The largest absolute Gasteiger partial charge is 1.00 e. The molecule has 0 fully saturated rings. The Morgan fingerprint density at radius 1 is 0.500 bits per heavy atom. The molecule has 8 heteroatoms. The van der Waals surface area contributed by atoms with Crippen LogP contribution in [0.4, 0.5) is 11.4 Å². The predicted octanol–water partition coefficient (Wildman–Crippen LogP) is 0.627. The first-order chi connectivity index (χ1) is 21.1. The molecule has 0 unspecified atom stereocenters. The van der Waals surface area contributed by atoms with E-state index in [0.29, 0.717) is 35.3 Å². The Morgan fingerprint density at radius 3 is 1.22 bits per heavy atom. The summed E-state index contributed by atoms with van der Waals surface area (Å²) in [6.07, 6.45) is 1.87. The topological polar surface area (TPSA) is 58.2 Å². The normalized spacial score (nSPS) is 12.3. The van der Waals surface area contributed by atoms with Gasteiger partial charge in [-0.05, 0) is 12.1 Å². The molecule has 5 rings (SSSR count). The highest BCUT2D eigenvalue weighted by Crippen LogP contribution is 2.36. The summed E-state index contributed by atoms with van der Waals surface area (Å²) in [5.41, 5.74) is 6.03. The standard InChI is InChI=1S/C38H44N4O2.2ClH/c1-41(2,27-29-15-7-5-8-16-29)25-13-23-39-33-21-22-34(36-35(33)37(43)31-19-11-12-20-32(31)38(36)44)40-24-14-26-42(3,4)28-30-17-9-6-10-18-30;;/h5-12,15-22H,13-14,23-28H2,1-4H3;2*1H. The van der Waals surface area contributed by atoms with Crippen molar-refractivity contribution in [2.75, 3.05) is 65.0 Å². The van der Waals surface area contributed by atoms with Crippen molar-refractivity contribution in [3.05, 3.63) is 130 Å². The number of nitrogens with one attached hydrogen (secondary N) is 2. The summed E-state index contributed by atoms with van der Waals surface area (Å²) >= 11 is 0. The second-order valence-corrected chi connectivity index (χ2v) is 13.3. The van der Waals surface area contributed by atoms with Crippen molar-refractivity contribution in [3.8, 4) is 0 Å². The van der Waals surface area contributed by atoms with Crippen molar-refractivity contribution >= 4 is 22.9 Å². The van der Waals surface area contributed by atoms with Crippen LogP contribution in [0.3, 0.4) is 0 Å². The minimum Gasteiger partial charge on any atom is -1.00 e.